The van der Waals surface area contributed by atoms with Crippen LogP contribution >= 0.6 is 11.8 Å². The molecular weight excluding hydrogens is 364 g/mol. The highest BCUT2D eigenvalue weighted by molar-refractivity contribution is 7.99. The van der Waals surface area contributed by atoms with E-state index in [9.17, 15) is 4.79 Å². The summed E-state index contributed by atoms with van der Waals surface area (Å²) in [6.45, 7) is 3.10. The smallest absolute Gasteiger partial charge is 0.233 e. The van der Waals surface area contributed by atoms with Crippen LogP contribution in [0.2, 0.25) is 0 Å². The summed E-state index contributed by atoms with van der Waals surface area (Å²) in [6, 6.07) is 11.4. The van der Waals surface area contributed by atoms with Gasteiger partial charge < -0.3 is 14.4 Å². The highest BCUT2D eigenvalue weighted by Crippen LogP contribution is 2.28. The zero-order valence-corrected chi connectivity index (χ0v) is 16.4. The molecule has 0 spiro atoms. The van der Waals surface area contributed by atoms with Gasteiger partial charge in [-0.05, 0) is 36.8 Å². The fourth-order valence-corrected chi connectivity index (χ4v) is 3.54. The van der Waals surface area contributed by atoms with Crippen LogP contribution in [0.15, 0.2) is 47.8 Å². The number of ether oxygens (including phenoxy) is 2. The molecule has 0 aliphatic rings. The monoisotopic (exact) mass is 386 g/mol. The predicted octanol–water partition coefficient (Wildman–Crippen LogP) is 2.89. The Labute approximate surface area is 162 Å². The Morgan fingerprint density at radius 1 is 1.15 bits per heavy atom. The van der Waals surface area contributed by atoms with E-state index in [1.807, 2.05) is 53.9 Å². The summed E-state index contributed by atoms with van der Waals surface area (Å²) in [6.07, 6.45) is 1.89. The normalized spacial score (nSPS) is 10.8. The molecule has 2 aromatic heterocycles. The number of hydrogen-bond donors (Lipinski definition) is 0. The number of hydrogen-bond acceptors (Lipinski definition) is 6. The topological polar surface area (TPSA) is 69.0 Å². The predicted molar refractivity (Wildman–Crippen MR) is 104 cm³/mol. The molecule has 142 valence electrons. The molecule has 0 aliphatic heterocycles. The number of carbonyl (C=O) groups is 1. The van der Waals surface area contributed by atoms with Gasteiger partial charge in [0.25, 0.3) is 0 Å². The fourth-order valence-electron chi connectivity index (χ4n) is 2.71. The minimum Gasteiger partial charge on any atom is -0.493 e. The molecule has 7 nitrogen and oxygen atoms in total. The van der Waals surface area contributed by atoms with E-state index in [0.717, 1.165) is 11.2 Å². The van der Waals surface area contributed by atoms with Gasteiger partial charge in [0.2, 0.25) is 5.91 Å². The Morgan fingerprint density at radius 2 is 1.96 bits per heavy atom. The number of thioether (sulfide) groups is 1. The Bertz CT molecular complexity index is 928. The molecule has 1 amide bonds. The van der Waals surface area contributed by atoms with Crippen LogP contribution in [0, 0.1) is 0 Å². The molecule has 0 N–H and O–H groups in total. The van der Waals surface area contributed by atoms with Crippen LogP contribution in [-0.2, 0) is 11.3 Å². The number of fused-ring (bicyclic) bond motifs is 1. The maximum atomic E-state index is 12.7. The molecule has 0 unspecified atom stereocenters. The lowest BCUT2D eigenvalue weighted by molar-refractivity contribution is -0.128. The summed E-state index contributed by atoms with van der Waals surface area (Å²) in [7, 11) is 3.20. The van der Waals surface area contributed by atoms with Crippen LogP contribution in [0.1, 0.15) is 12.5 Å². The van der Waals surface area contributed by atoms with Crippen LogP contribution in [0.4, 0.5) is 0 Å². The summed E-state index contributed by atoms with van der Waals surface area (Å²) < 4.78 is 12.5. The van der Waals surface area contributed by atoms with Crippen molar-refractivity contribution in [1.29, 1.82) is 0 Å². The van der Waals surface area contributed by atoms with Crippen molar-refractivity contribution in [3.63, 3.8) is 0 Å². The highest BCUT2D eigenvalue weighted by Gasteiger charge is 2.16. The number of methoxy groups -OCH3 is 2. The molecule has 0 fully saturated rings. The van der Waals surface area contributed by atoms with E-state index in [-0.39, 0.29) is 5.91 Å². The number of carbonyl (C=O) groups excluding carboxylic acids is 1. The average molecular weight is 386 g/mol. The van der Waals surface area contributed by atoms with E-state index in [1.165, 1.54) is 11.8 Å². The molecule has 0 saturated carbocycles. The standard InChI is InChI=1S/C19H22N4O3S/c1-4-22(12-14-8-9-15(25-2)16(11-14)26-3)18(24)13-27-19-21-20-17-7-5-6-10-23(17)19/h5-11H,4,12-13H2,1-3H3. The minimum absolute atomic E-state index is 0.0463. The van der Waals surface area contributed by atoms with Crippen molar-refractivity contribution in [1.82, 2.24) is 19.5 Å². The van der Waals surface area contributed by atoms with Crippen molar-refractivity contribution in [3.8, 4) is 11.5 Å². The highest BCUT2D eigenvalue weighted by atomic mass is 32.2. The van der Waals surface area contributed by atoms with Crippen LogP contribution in [0.5, 0.6) is 11.5 Å². The van der Waals surface area contributed by atoms with E-state index in [4.69, 9.17) is 9.47 Å². The third-order valence-corrected chi connectivity index (χ3v) is 5.09. The Morgan fingerprint density at radius 3 is 2.70 bits per heavy atom. The van der Waals surface area contributed by atoms with Crippen LogP contribution in [-0.4, -0.2) is 51.9 Å². The van der Waals surface area contributed by atoms with Crippen LogP contribution in [0.3, 0.4) is 0 Å². The van der Waals surface area contributed by atoms with Crippen molar-refractivity contribution in [2.75, 3.05) is 26.5 Å². The first-order valence-corrected chi connectivity index (χ1v) is 9.56. The molecule has 8 heteroatoms. The van der Waals surface area contributed by atoms with Gasteiger partial charge in [-0.15, -0.1) is 10.2 Å². The third kappa shape index (κ3) is 4.33. The van der Waals surface area contributed by atoms with Gasteiger partial charge in [0.05, 0.1) is 20.0 Å². The Balaban J connectivity index is 1.65. The van der Waals surface area contributed by atoms with E-state index in [2.05, 4.69) is 10.2 Å². The van der Waals surface area contributed by atoms with E-state index in [1.54, 1.807) is 19.1 Å². The second-order valence-corrected chi connectivity index (χ2v) is 6.74. The fraction of sp³-hybridized carbons (Fsp3) is 0.316. The molecule has 0 saturated heterocycles. The molecule has 27 heavy (non-hydrogen) atoms. The number of aromatic nitrogens is 3. The maximum Gasteiger partial charge on any atom is 0.233 e. The molecule has 2 heterocycles. The van der Waals surface area contributed by atoms with Gasteiger partial charge in [-0.1, -0.05) is 23.9 Å². The Kier molecular flexibility index (Phi) is 6.18. The molecule has 3 rings (SSSR count). The maximum absolute atomic E-state index is 12.7. The van der Waals surface area contributed by atoms with Gasteiger partial charge in [0.15, 0.2) is 22.3 Å². The first kappa shape index (κ1) is 19.0. The summed E-state index contributed by atoms with van der Waals surface area (Å²) in [5, 5.41) is 8.97. The lowest BCUT2D eigenvalue weighted by Crippen LogP contribution is -2.31. The zero-order valence-electron chi connectivity index (χ0n) is 15.6. The molecule has 1 aromatic carbocycles. The average Bonchev–Trinajstić information content (AvgIpc) is 3.13. The first-order chi connectivity index (χ1) is 13.2. The van der Waals surface area contributed by atoms with Crippen molar-refractivity contribution >= 4 is 23.3 Å². The molecule has 0 aliphatic carbocycles. The third-order valence-electron chi connectivity index (χ3n) is 4.16. The molecule has 0 atom stereocenters. The quantitative estimate of drug-likeness (QED) is 0.555. The summed E-state index contributed by atoms with van der Waals surface area (Å²) in [4.78, 5) is 14.5. The van der Waals surface area contributed by atoms with Crippen molar-refractivity contribution < 1.29 is 14.3 Å². The number of benzene rings is 1. The molecule has 0 bridgehead atoms. The zero-order chi connectivity index (χ0) is 19.2. The number of rotatable bonds is 8. The van der Waals surface area contributed by atoms with Crippen LogP contribution < -0.4 is 9.47 Å². The van der Waals surface area contributed by atoms with Crippen molar-refractivity contribution in [3.05, 3.63) is 48.2 Å². The number of nitrogens with zero attached hydrogens (tertiary/aromatic N) is 4. The minimum atomic E-state index is 0.0463. The van der Waals surface area contributed by atoms with E-state index < -0.39 is 0 Å². The Hall–Kier alpha value is -2.74. The molecule has 0 radical (unpaired) electrons. The van der Waals surface area contributed by atoms with Gasteiger partial charge >= 0.3 is 0 Å². The van der Waals surface area contributed by atoms with Gasteiger partial charge in [-0.3, -0.25) is 9.20 Å². The lowest BCUT2D eigenvalue weighted by atomic mass is 10.2. The van der Waals surface area contributed by atoms with Crippen LogP contribution in [0.25, 0.3) is 5.65 Å². The summed E-state index contributed by atoms with van der Waals surface area (Å²) in [5.41, 5.74) is 1.76. The second kappa shape index (κ2) is 8.77. The SMILES string of the molecule is CCN(Cc1ccc(OC)c(OC)c1)C(=O)CSc1nnc2ccccn12. The van der Waals surface area contributed by atoms with Gasteiger partial charge in [0, 0.05) is 19.3 Å². The molecular formula is C19H22N4O3S. The summed E-state index contributed by atoms with van der Waals surface area (Å²) >= 11 is 1.39. The van der Waals surface area contributed by atoms with Gasteiger partial charge in [-0.2, -0.15) is 0 Å². The lowest BCUT2D eigenvalue weighted by Gasteiger charge is -2.21. The number of amides is 1. The van der Waals surface area contributed by atoms with Crippen molar-refractivity contribution in [2.45, 2.75) is 18.6 Å². The van der Waals surface area contributed by atoms with Gasteiger partial charge in [0.1, 0.15) is 0 Å². The first-order valence-electron chi connectivity index (χ1n) is 8.57. The van der Waals surface area contributed by atoms with E-state index in [0.29, 0.717) is 35.5 Å². The number of pyridine rings is 1. The second-order valence-electron chi connectivity index (χ2n) is 5.80. The molecule has 3 aromatic rings. The van der Waals surface area contributed by atoms with E-state index >= 15 is 0 Å². The van der Waals surface area contributed by atoms with Crippen molar-refractivity contribution in [2.24, 2.45) is 0 Å². The largest absolute Gasteiger partial charge is 0.493 e. The van der Waals surface area contributed by atoms with Gasteiger partial charge in [-0.25, -0.2) is 0 Å². The summed E-state index contributed by atoms with van der Waals surface area (Å²) in [5.74, 6) is 1.68.